The van der Waals surface area contributed by atoms with Gasteiger partial charge in [-0.05, 0) is 37.9 Å². The molecule has 0 spiro atoms. The van der Waals surface area contributed by atoms with Gasteiger partial charge in [0.2, 0.25) is 0 Å². The van der Waals surface area contributed by atoms with Crippen molar-refractivity contribution >= 4 is 10.9 Å². The van der Waals surface area contributed by atoms with Gasteiger partial charge in [-0.3, -0.25) is 15.0 Å². The molecule has 1 saturated heterocycles. The summed E-state index contributed by atoms with van der Waals surface area (Å²) in [6, 6.07) is 10.7. The zero-order valence-electron chi connectivity index (χ0n) is 15.7. The molecule has 0 radical (unpaired) electrons. The Morgan fingerprint density at radius 3 is 2.85 bits per heavy atom. The van der Waals surface area contributed by atoms with Crippen molar-refractivity contribution in [2.24, 2.45) is 5.92 Å². The summed E-state index contributed by atoms with van der Waals surface area (Å²) in [5, 5.41) is 8.47. The Morgan fingerprint density at radius 1 is 1.12 bits per heavy atom. The van der Waals surface area contributed by atoms with Crippen molar-refractivity contribution < 1.29 is 0 Å². The molecule has 26 heavy (non-hydrogen) atoms. The molecule has 1 fully saturated rings. The summed E-state index contributed by atoms with van der Waals surface area (Å²) in [6.07, 6.45) is 4.94. The Bertz CT molecular complexity index is 866. The molecule has 3 heterocycles. The van der Waals surface area contributed by atoms with Gasteiger partial charge in [0, 0.05) is 55.6 Å². The molecule has 1 aliphatic heterocycles. The van der Waals surface area contributed by atoms with Crippen LogP contribution in [-0.2, 0) is 13.0 Å². The predicted octanol–water partition coefficient (Wildman–Crippen LogP) is 2.87. The highest BCUT2D eigenvalue weighted by molar-refractivity contribution is 5.81. The third kappa shape index (κ3) is 3.79. The number of benzene rings is 1. The number of nitrogens with one attached hydrogen (secondary N) is 1. The lowest BCUT2D eigenvalue weighted by atomic mass is 9.96. The lowest BCUT2D eigenvalue weighted by Gasteiger charge is -2.24. The molecule has 1 aliphatic rings. The first-order valence-corrected chi connectivity index (χ1v) is 9.41. The van der Waals surface area contributed by atoms with Crippen LogP contribution in [0.3, 0.4) is 0 Å². The van der Waals surface area contributed by atoms with Crippen molar-refractivity contribution in [2.45, 2.75) is 19.9 Å². The number of pyridine rings is 1. The maximum atomic E-state index is 4.64. The van der Waals surface area contributed by atoms with E-state index in [0.29, 0.717) is 5.92 Å². The van der Waals surface area contributed by atoms with Gasteiger partial charge in [0.05, 0.1) is 11.7 Å². The number of para-hydroxylation sites is 1. The van der Waals surface area contributed by atoms with Crippen molar-refractivity contribution in [3.63, 3.8) is 0 Å². The second-order valence-corrected chi connectivity index (χ2v) is 7.58. The molecule has 0 aliphatic carbocycles. The van der Waals surface area contributed by atoms with Gasteiger partial charge in [0.1, 0.15) is 0 Å². The maximum Gasteiger partial charge on any atom is 0.0734 e. The van der Waals surface area contributed by atoms with Gasteiger partial charge in [-0.25, -0.2) is 0 Å². The first-order chi connectivity index (χ1) is 12.7. The summed E-state index contributed by atoms with van der Waals surface area (Å²) in [7, 11) is 2.24. The highest BCUT2D eigenvalue weighted by Gasteiger charge is 2.22. The SMILES string of the molecule is Cc1[nH]ncc1CN1CCN(C)CC(Cc2cccc3cccnc23)C1. The van der Waals surface area contributed by atoms with Crippen LogP contribution in [0.1, 0.15) is 16.8 Å². The zero-order chi connectivity index (χ0) is 17.9. The summed E-state index contributed by atoms with van der Waals surface area (Å²) in [4.78, 5) is 9.68. The Labute approximate surface area is 155 Å². The number of fused-ring (bicyclic) bond motifs is 1. The minimum absolute atomic E-state index is 0.599. The van der Waals surface area contributed by atoms with Crippen LogP contribution >= 0.6 is 0 Å². The van der Waals surface area contributed by atoms with E-state index in [1.165, 1.54) is 22.2 Å². The first kappa shape index (κ1) is 17.2. The van der Waals surface area contributed by atoms with E-state index in [1.54, 1.807) is 0 Å². The lowest BCUT2D eigenvalue weighted by molar-refractivity contribution is 0.248. The van der Waals surface area contributed by atoms with E-state index in [4.69, 9.17) is 0 Å². The number of rotatable bonds is 4. The number of hydrogen-bond acceptors (Lipinski definition) is 4. The number of aryl methyl sites for hydroxylation is 1. The molecule has 1 atom stereocenters. The summed E-state index contributed by atoms with van der Waals surface area (Å²) < 4.78 is 0. The van der Waals surface area contributed by atoms with Crippen LogP contribution in [-0.4, -0.2) is 58.2 Å². The molecule has 0 amide bonds. The van der Waals surface area contributed by atoms with Crippen LogP contribution in [0.4, 0.5) is 0 Å². The average molecular weight is 349 g/mol. The van der Waals surface area contributed by atoms with Crippen molar-refractivity contribution in [1.82, 2.24) is 25.0 Å². The summed E-state index contributed by atoms with van der Waals surface area (Å²) >= 11 is 0. The summed E-state index contributed by atoms with van der Waals surface area (Å²) in [5.74, 6) is 0.599. The molecule has 1 N–H and O–H groups in total. The molecule has 3 aromatic rings. The van der Waals surface area contributed by atoms with Gasteiger partial charge in [-0.15, -0.1) is 0 Å². The van der Waals surface area contributed by atoms with Gasteiger partial charge in [-0.2, -0.15) is 5.10 Å². The Hall–Kier alpha value is -2.24. The topological polar surface area (TPSA) is 48.1 Å². The second-order valence-electron chi connectivity index (χ2n) is 7.58. The molecular formula is C21H27N5. The van der Waals surface area contributed by atoms with E-state index in [0.717, 1.165) is 44.7 Å². The molecular weight excluding hydrogens is 322 g/mol. The van der Waals surface area contributed by atoms with Crippen LogP contribution in [0.15, 0.2) is 42.7 Å². The first-order valence-electron chi connectivity index (χ1n) is 9.41. The maximum absolute atomic E-state index is 4.64. The van der Waals surface area contributed by atoms with Crippen LogP contribution < -0.4 is 0 Å². The fourth-order valence-corrected chi connectivity index (χ4v) is 4.05. The molecule has 5 nitrogen and oxygen atoms in total. The smallest absolute Gasteiger partial charge is 0.0734 e. The van der Waals surface area contributed by atoms with Crippen molar-refractivity contribution in [1.29, 1.82) is 0 Å². The van der Waals surface area contributed by atoms with Crippen molar-refractivity contribution in [3.8, 4) is 0 Å². The van der Waals surface area contributed by atoms with Gasteiger partial charge < -0.3 is 4.90 Å². The van der Waals surface area contributed by atoms with E-state index >= 15 is 0 Å². The molecule has 1 unspecified atom stereocenters. The standard InChI is InChI=1S/C21H27N5/c1-16-20(12-23-24-16)15-26-10-9-25(2)13-17(14-26)11-19-6-3-5-18-7-4-8-22-21(18)19/h3-8,12,17H,9-11,13-15H2,1-2H3,(H,23,24). The minimum atomic E-state index is 0.599. The molecule has 1 aromatic carbocycles. The lowest BCUT2D eigenvalue weighted by Crippen LogP contribution is -2.30. The molecule has 4 rings (SSSR count). The third-order valence-corrected chi connectivity index (χ3v) is 5.44. The molecule has 0 bridgehead atoms. The van der Waals surface area contributed by atoms with E-state index < -0.39 is 0 Å². The number of aromatic amines is 1. The Balaban J connectivity index is 1.53. The van der Waals surface area contributed by atoms with Gasteiger partial charge >= 0.3 is 0 Å². The largest absolute Gasteiger partial charge is 0.305 e. The fourth-order valence-electron chi connectivity index (χ4n) is 4.05. The Kier molecular flexibility index (Phi) is 5.00. The predicted molar refractivity (Wildman–Crippen MR) is 105 cm³/mol. The minimum Gasteiger partial charge on any atom is -0.305 e. The average Bonchev–Trinajstić information content (AvgIpc) is 2.95. The van der Waals surface area contributed by atoms with E-state index in [-0.39, 0.29) is 0 Å². The highest BCUT2D eigenvalue weighted by Crippen LogP contribution is 2.22. The molecule has 2 aromatic heterocycles. The number of nitrogens with zero attached hydrogens (tertiary/aromatic N) is 4. The molecule has 136 valence electrons. The number of hydrogen-bond donors (Lipinski definition) is 1. The number of aromatic nitrogens is 3. The number of likely N-dealkylation sites (N-methyl/N-ethyl adjacent to an activating group) is 1. The third-order valence-electron chi connectivity index (χ3n) is 5.44. The zero-order valence-corrected chi connectivity index (χ0v) is 15.7. The summed E-state index contributed by atoms with van der Waals surface area (Å²) in [5.41, 5.74) is 5.00. The van der Waals surface area contributed by atoms with Crippen LogP contribution in [0.2, 0.25) is 0 Å². The van der Waals surface area contributed by atoms with E-state index in [2.05, 4.69) is 63.2 Å². The van der Waals surface area contributed by atoms with Gasteiger partial charge in [0.25, 0.3) is 0 Å². The van der Waals surface area contributed by atoms with Crippen molar-refractivity contribution in [2.75, 3.05) is 33.2 Å². The quantitative estimate of drug-likeness (QED) is 0.787. The highest BCUT2D eigenvalue weighted by atomic mass is 15.2. The van der Waals surface area contributed by atoms with Gasteiger partial charge in [0.15, 0.2) is 0 Å². The second kappa shape index (κ2) is 7.56. The van der Waals surface area contributed by atoms with E-state index in [1.807, 2.05) is 18.5 Å². The van der Waals surface area contributed by atoms with Crippen LogP contribution in [0.25, 0.3) is 10.9 Å². The monoisotopic (exact) mass is 349 g/mol. The normalized spacial score (nSPS) is 19.7. The van der Waals surface area contributed by atoms with Crippen LogP contribution in [0.5, 0.6) is 0 Å². The summed E-state index contributed by atoms with van der Waals surface area (Å²) in [6.45, 7) is 7.53. The molecule has 0 saturated carbocycles. The van der Waals surface area contributed by atoms with Gasteiger partial charge in [-0.1, -0.05) is 24.3 Å². The molecule has 5 heteroatoms. The van der Waals surface area contributed by atoms with Crippen LogP contribution in [0, 0.1) is 12.8 Å². The van der Waals surface area contributed by atoms with Crippen molar-refractivity contribution in [3.05, 3.63) is 59.5 Å². The van der Waals surface area contributed by atoms with E-state index in [9.17, 15) is 0 Å². The Morgan fingerprint density at radius 2 is 2.00 bits per heavy atom. The number of H-pyrrole nitrogens is 1. The fraction of sp³-hybridized carbons (Fsp3) is 0.429.